The maximum atomic E-state index is 12.9. The number of thioether (sulfide) groups is 1. The van der Waals surface area contributed by atoms with E-state index in [1.54, 1.807) is 0 Å². The fourth-order valence-electron chi connectivity index (χ4n) is 2.31. The molecule has 6 nitrogen and oxygen atoms in total. The van der Waals surface area contributed by atoms with Crippen molar-refractivity contribution in [2.45, 2.75) is 17.3 Å². The Hall–Kier alpha value is -2.80. The monoisotopic (exact) mass is 354 g/mol. The number of carbonyl (C=O) groups is 1. The Balaban J connectivity index is 1.84. The molecule has 0 fully saturated rings. The van der Waals surface area contributed by atoms with Crippen molar-refractivity contribution in [2.24, 2.45) is 0 Å². The SMILES string of the molecule is CCOc1ccccc1NC(=O)C(Sc1ncn[nH]1)c1ccccc1. The maximum Gasteiger partial charge on any atom is 0.242 e. The third kappa shape index (κ3) is 4.39. The zero-order chi connectivity index (χ0) is 17.5. The molecule has 2 aromatic carbocycles. The van der Waals surface area contributed by atoms with Crippen molar-refractivity contribution < 1.29 is 9.53 Å². The standard InChI is InChI=1S/C18H18N4O2S/c1-2-24-15-11-7-6-10-14(15)21-17(23)16(13-8-4-3-5-9-13)25-18-19-12-20-22-18/h3-12,16H,2H2,1H3,(H,21,23)(H,19,20,22). The van der Waals surface area contributed by atoms with Crippen molar-refractivity contribution in [3.63, 3.8) is 0 Å². The molecule has 1 heterocycles. The van der Waals surface area contributed by atoms with E-state index >= 15 is 0 Å². The van der Waals surface area contributed by atoms with Crippen LogP contribution < -0.4 is 10.1 Å². The number of H-pyrrole nitrogens is 1. The molecule has 0 bridgehead atoms. The summed E-state index contributed by atoms with van der Waals surface area (Å²) < 4.78 is 5.58. The van der Waals surface area contributed by atoms with Gasteiger partial charge in [0.25, 0.3) is 0 Å². The highest BCUT2D eigenvalue weighted by molar-refractivity contribution is 8.00. The first-order valence-electron chi connectivity index (χ1n) is 7.87. The average Bonchev–Trinajstić information content (AvgIpc) is 3.15. The molecule has 0 spiro atoms. The van der Waals surface area contributed by atoms with Crippen LogP contribution in [0.5, 0.6) is 5.75 Å². The van der Waals surface area contributed by atoms with E-state index in [1.165, 1.54) is 18.1 Å². The minimum Gasteiger partial charge on any atom is -0.492 e. The molecular weight excluding hydrogens is 336 g/mol. The number of para-hydroxylation sites is 2. The number of hydrogen-bond acceptors (Lipinski definition) is 5. The summed E-state index contributed by atoms with van der Waals surface area (Å²) in [5, 5.41) is 9.70. The molecule has 1 unspecified atom stereocenters. The number of benzene rings is 2. The molecule has 1 amide bonds. The van der Waals surface area contributed by atoms with E-state index in [0.717, 1.165) is 5.56 Å². The first-order valence-corrected chi connectivity index (χ1v) is 8.75. The Bertz CT molecular complexity index is 809. The topological polar surface area (TPSA) is 79.9 Å². The van der Waals surface area contributed by atoms with Gasteiger partial charge in [-0.25, -0.2) is 4.98 Å². The maximum absolute atomic E-state index is 12.9. The van der Waals surface area contributed by atoms with Gasteiger partial charge in [0.1, 0.15) is 17.3 Å². The van der Waals surface area contributed by atoms with Gasteiger partial charge >= 0.3 is 0 Å². The van der Waals surface area contributed by atoms with E-state index in [0.29, 0.717) is 23.2 Å². The molecule has 25 heavy (non-hydrogen) atoms. The number of aromatic nitrogens is 3. The van der Waals surface area contributed by atoms with Gasteiger partial charge < -0.3 is 10.1 Å². The normalized spacial score (nSPS) is 11.7. The van der Waals surface area contributed by atoms with Crippen LogP contribution in [0.3, 0.4) is 0 Å². The van der Waals surface area contributed by atoms with Crippen LogP contribution in [0.2, 0.25) is 0 Å². The number of carbonyl (C=O) groups excluding carboxylic acids is 1. The van der Waals surface area contributed by atoms with Crippen molar-refractivity contribution in [3.8, 4) is 5.75 Å². The second kappa shape index (κ2) is 8.34. The van der Waals surface area contributed by atoms with Crippen molar-refractivity contribution in [1.82, 2.24) is 15.2 Å². The summed E-state index contributed by atoms with van der Waals surface area (Å²) >= 11 is 1.31. The van der Waals surface area contributed by atoms with Crippen molar-refractivity contribution in [2.75, 3.05) is 11.9 Å². The number of amides is 1. The molecule has 0 saturated heterocycles. The van der Waals surface area contributed by atoms with Gasteiger partial charge in [0, 0.05) is 0 Å². The quantitative estimate of drug-likeness (QED) is 0.633. The number of nitrogens with zero attached hydrogens (tertiary/aromatic N) is 2. The zero-order valence-electron chi connectivity index (χ0n) is 13.7. The highest BCUT2D eigenvalue weighted by Gasteiger charge is 2.24. The van der Waals surface area contributed by atoms with Gasteiger partial charge in [0.2, 0.25) is 5.91 Å². The Kier molecular flexibility index (Phi) is 5.69. The summed E-state index contributed by atoms with van der Waals surface area (Å²) in [5.74, 6) is 0.495. The van der Waals surface area contributed by atoms with Crippen LogP contribution in [0.15, 0.2) is 66.1 Å². The van der Waals surface area contributed by atoms with Crippen LogP contribution in [-0.2, 0) is 4.79 Å². The van der Waals surface area contributed by atoms with E-state index in [1.807, 2.05) is 61.5 Å². The predicted octanol–water partition coefficient (Wildman–Crippen LogP) is 3.68. The van der Waals surface area contributed by atoms with Gasteiger partial charge in [0.15, 0.2) is 5.16 Å². The Morgan fingerprint density at radius 3 is 2.68 bits per heavy atom. The number of rotatable bonds is 7. The van der Waals surface area contributed by atoms with Gasteiger partial charge in [-0.05, 0) is 24.6 Å². The van der Waals surface area contributed by atoms with Crippen LogP contribution in [0.4, 0.5) is 5.69 Å². The second-order valence-electron chi connectivity index (χ2n) is 5.12. The third-order valence-corrected chi connectivity index (χ3v) is 4.55. The van der Waals surface area contributed by atoms with Gasteiger partial charge in [-0.2, -0.15) is 5.10 Å². The minimum absolute atomic E-state index is 0.153. The molecule has 0 aliphatic heterocycles. The fraction of sp³-hybridized carbons (Fsp3) is 0.167. The summed E-state index contributed by atoms with van der Waals surface area (Å²) in [7, 11) is 0. The minimum atomic E-state index is -0.469. The smallest absolute Gasteiger partial charge is 0.242 e. The molecular formula is C18H18N4O2S. The number of hydrogen-bond donors (Lipinski definition) is 2. The Morgan fingerprint density at radius 2 is 1.96 bits per heavy atom. The number of ether oxygens (including phenoxy) is 1. The van der Waals surface area contributed by atoms with Crippen LogP contribution in [0.25, 0.3) is 0 Å². The first kappa shape index (κ1) is 17.0. The van der Waals surface area contributed by atoms with Crippen molar-refractivity contribution in [1.29, 1.82) is 0 Å². The molecule has 0 aliphatic rings. The number of aromatic amines is 1. The number of anilines is 1. The largest absolute Gasteiger partial charge is 0.492 e. The van der Waals surface area contributed by atoms with E-state index in [2.05, 4.69) is 20.5 Å². The summed E-state index contributed by atoms with van der Waals surface area (Å²) in [4.78, 5) is 17.1. The van der Waals surface area contributed by atoms with Gasteiger partial charge in [0.05, 0.1) is 12.3 Å². The van der Waals surface area contributed by atoms with Gasteiger partial charge in [-0.3, -0.25) is 9.89 Å². The predicted molar refractivity (Wildman–Crippen MR) is 97.7 cm³/mol. The average molecular weight is 354 g/mol. The molecule has 3 aromatic rings. The van der Waals surface area contributed by atoms with Crippen LogP contribution in [-0.4, -0.2) is 27.7 Å². The van der Waals surface area contributed by atoms with Crippen LogP contribution in [0, 0.1) is 0 Å². The van der Waals surface area contributed by atoms with Crippen molar-refractivity contribution >= 4 is 23.4 Å². The van der Waals surface area contributed by atoms with E-state index in [4.69, 9.17) is 4.74 Å². The molecule has 128 valence electrons. The molecule has 2 N–H and O–H groups in total. The van der Waals surface area contributed by atoms with E-state index < -0.39 is 5.25 Å². The number of nitrogens with one attached hydrogen (secondary N) is 2. The summed E-state index contributed by atoms with van der Waals surface area (Å²) in [5.41, 5.74) is 1.53. The lowest BCUT2D eigenvalue weighted by molar-refractivity contribution is -0.115. The molecule has 1 atom stereocenters. The lowest BCUT2D eigenvalue weighted by Crippen LogP contribution is -2.19. The summed E-state index contributed by atoms with van der Waals surface area (Å²) in [6.45, 7) is 2.44. The molecule has 7 heteroatoms. The van der Waals surface area contributed by atoms with Crippen LogP contribution >= 0.6 is 11.8 Å². The highest BCUT2D eigenvalue weighted by Crippen LogP contribution is 2.35. The molecule has 0 radical (unpaired) electrons. The Morgan fingerprint density at radius 1 is 1.20 bits per heavy atom. The lowest BCUT2D eigenvalue weighted by Gasteiger charge is -2.17. The highest BCUT2D eigenvalue weighted by atomic mass is 32.2. The van der Waals surface area contributed by atoms with Gasteiger partial charge in [-0.15, -0.1) is 0 Å². The lowest BCUT2D eigenvalue weighted by atomic mass is 10.1. The van der Waals surface area contributed by atoms with E-state index in [9.17, 15) is 4.79 Å². The van der Waals surface area contributed by atoms with E-state index in [-0.39, 0.29) is 5.91 Å². The molecule has 1 aromatic heterocycles. The second-order valence-corrected chi connectivity index (χ2v) is 6.21. The molecule has 0 aliphatic carbocycles. The third-order valence-electron chi connectivity index (χ3n) is 3.41. The fourth-order valence-corrected chi connectivity index (χ4v) is 3.21. The summed E-state index contributed by atoms with van der Waals surface area (Å²) in [6.07, 6.45) is 1.42. The van der Waals surface area contributed by atoms with Crippen molar-refractivity contribution in [3.05, 3.63) is 66.5 Å². The molecule has 0 saturated carbocycles. The Labute approximate surface area is 150 Å². The zero-order valence-corrected chi connectivity index (χ0v) is 14.5. The summed E-state index contributed by atoms with van der Waals surface area (Å²) in [6, 6.07) is 17.0. The first-order chi connectivity index (χ1) is 12.3. The van der Waals surface area contributed by atoms with Gasteiger partial charge in [-0.1, -0.05) is 54.2 Å². The molecule has 3 rings (SSSR count). The van der Waals surface area contributed by atoms with Crippen LogP contribution in [0.1, 0.15) is 17.7 Å².